The van der Waals surface area contributed by atoms with Gasteiger partial charge in [-0.2, -0.15) is 0 Å². The molecule has 0 aromatic carbocycles. The number of ether oxygens (including phenoxy) is 5. The van der Waals surface area contributed by atoms with Gasteiger partial charge < -0.3 is 23.7 Å². The fraction of sp³-hybridized carbons (Fsp3) is 0.789. The highest BCUT2D eigenvalue weighted by molar-refractivity contribution is 5.88. The Morgan fingerprint density at radius 1 is 0.778 bits per heavy atom. The Kier molecular flexibility index (Phi) is 11.7. The fourth-order valence-electron chi connectivity index (χ4n) is 1.62. The van der Waals surface area contributed by atoms with E-state index in [-0.39, 0.29) is 19.8 Å². The number of imide groups is 1. The van der Waals surface area contributed by atoms with Crippen LogP contribution in [-0.2, 0) is 23.7 Å². The van der Waals surface area contributed by atoms with Gasteiger partial charge in [0.25, 0.3) is 0 Å². The third-order valence-electron chi connectivity index (χ3n) is 2.62. The lowest BCUT2D eigenvalue weighted by Gasteiger charge is -2.28. The molecule has 0 saturated heterocycles. The molecule has 0 N–H and O–H groups in total. The number of nitrogens with zero attached hydrogens (tertiary/aromatic N) is 1. The Morgan fingerprint density at radius 3 is 1.59 bits per heavy atom. The monoisotopic (exact) mass is 387 g/mol. The van der Waals surface area contributed by atoms with Crippen molar-refractivity contribution in [3.8, 4) is 12.3 Å². The van der Waals surface area contributed by atoms with Crippen molar-refractivity contribution < 1.29 is 33.3 Å². The van der Waals surface area contributed by atoms with Crippen molar-refractivity contribution in [2.45, 2.75) is 52.7 Å². The van der Waals surface area contributed by atoms with Crippen molar-refractivity contribution in [2.24, 2.45) is 0 Å². The van der Waals surface area contributed by atoms with E-state index in [1.807, 2.05) is 0 Å². The summed E-state index contributed by atoms with van der Waals surface area (Å²) in [5, 5.41) is 0. The van der Waals surface area contributed by atoms with Crippen LogP contribution in [0.15, 0.2) is 0 Å². The minimum atomic E-state index is -0.776. The lowest BCUT2D eigenvalue weighted by Crippen LogP contribution is -2.45. The third-order valence-corrected chi connectivity index (χ3v) is 2.62. The van der Waals surface area contributed by atoms with Crippen LogP contribution in [0.1, 0.15) is 41.5 Å². The molecule has 0 heterocycles. The quantitative estimate of drug-likeness (QED) is 0.421. The minimum absolute atomic E-state index is 0.00903. The first kappa shape index (κ1) is 25.2. The normalized spacial score (nSPS) is 11.6. The van der Waals surface area contributed by atoms with Gasteiger partial charge in [0.2, 0.25) is 0 Å². The van der Waals surface area contributed by atoms with Crippen LogP contribution in [-0.4, -0.2) is 74.5 Å². The highest BCUT2D eigenvalue weighted by Gasteiger charge is 2.30. The molecule has 27 heavy (non-hydrogen) atoms. The highest BCUT2D eigenvalue weighted by Crippen LogP contribution is 2.14. The zero-order chi connectivity index (χ0) is 20.9. The Hall–Kier alpha value is -1.82. The number of carbonyl (C=O) groups excluding carboxylic acids is 2. The van der Waals surface area contributed by atoms with Gasteiger partial charge in [-0.25, -0.2) is 14.5 Å². The molecule has 0 aliphatic carbocycles. The van der Waals surface area contributed by atoms with E-state index in [9.17, 15) is 9.59 Å². The lowest BCUT2D eigenvalue weighted by molar-refractivity contribution is -0.0103. The van der Waals surface area contributed by atoms with Crippen molar-refractivity contribution in [3.05, 3.63) is 0 Å². The Bertz CT molecular complexity index is 458. The molecule has 8 heteroatoms. The lowest BCUT2D eigenvalue weighted by atomic mass is 10.2. The molecular weight excluding hydrogens is 354 g/mol. The van der Waals surface area contributed by atoms with Crippen LogP contribution in [0.4, 0.5) is 9.59 Å². The van der Waals surface area contributed by atoms with Gasteiger partial charge in [-0.3, -0.25) is 0 Å². The Morgan fingerprint density at radius 2 is 1.19 bits per heavy atom. The molecule has 0 saturated carbocycles. The molecule has 8 nitrogen and oxygen atoms in total. The first-order valence-corrected chi connectivity index (χ1v) is 8.86. The summed E-state index contributed by atoms with van der Waals surface area (Å²) >= 11 is 0. The smallest absolute Gasteiger partial charge is 0.419 e. The first-order chi connectivity index (χ1) is 12.5. The van der Waals surface area contributed by atoms with E-state index in [4.69, 9.17) is 30.1 Å². The summed E-state index contributed by atoms with van der Waals surface area (Å²) in [7, 11) is 0. The summed E-state index contributed by atoms with van der Waals surface area (Å²) in [6.07, 6.45) is 3.50. The molecule has 0 aliphatic heterocycles. The van der Waals surface area contributed by atoms with Crippen molar-refractivity contribution in [1.29, 1.82) is 0 Å². The van der Waals surface area contributed by atoms with Crippen LogP contribution in [0.3, 0.4) is 0 Å². The van der Waals surface area contributed by atoms with Crippen molar-refractivity contribution in [1.82, 2.24) is 4.90 Å². The molecular formula is C19H33NO7. The number of hydrogen-bond acceptors (Lipinski definition) is 7. The van der Waals surface area contributed by atoms with Gasteiger partial charge >= 0.3 is 12.2 Å². The summed E-state index contributed by atoms with van der Waals surface area (Å²) in [6, 6.07) is 0. The van der Waals surface area contributed by atoms with Gasteiger partial charge in [0.1, 0.15) is 17.8 Å². The number of rotatable bonds is 10. The molecule has 0 bridgehead atoms. The highest BCUT2D eigenvalue weighted by atomic mass is 16.6. The van der Waals surface area contributed by atoms with Crippen LogP contribution >= 0.6 is 0 Å². The number of amides is 2. The summed E-state index contributed by atoms with van der Waals surface area (Å²) in [6.45, 7) is 12.2. The fourth-order valence-corrected chi connectivity index (χ4v) is 1.62. The second-order valence-corrected chi connectivity index (χ2v) is 7.59. The van der Waals surface area contributed by atoms with Gasteiger partial charge in [-0.05, 0) is 41.5 Å². The van der Waals surface area contributed by atoms with Crippen molar-refractivity contribution in [3.63, 3.8) is 0 Å². The summed E-state index contributed by atoms with van der Waals surface area (Å²) < 4.78 is 26.3. The number of hydrogen-bond donors (Lipinski definition) is 0. The summed E-state index contributed by atoms with van der Waals surface area (Å²) in [5.41, 5.74) is -1.46. The van der Waals surface area contributed by atoms with Gasteiger partial charge in [-0.15, -0.1) is 6.42 Å². The molecule has 0 rings (SSSR count). The molecule has 156 valence electrons. The molecule has 0 aromatic rings. The van der Waals surface area contributed by atoms with Crippen molar-refractivity contribution in [2.75, 3.05) is 46.2 Å². The second-order valence-electron chi connectivity index (χ2n) is 7.59. The van der Waals surface area contributed by atoms with Crippen LogP contribution in [0, 0.1) is 12.3 Å². The predicted molar refractivity (Wildman–Crippen MR) is 100 cm³/mol. The average molecular weight is 387 g/mol. The SMILES string of the molecule is C#CCOCCOCCOCCN(C(=O)OC(C)(C)C)C(=O)OC(C)(C)C. The molecule has 0 radical (unpaired) electrons. The van der Waals surface area contributed by atoms with E-state index in [0.29, 0.717) is 26.4 Å². The van der Waals surface area contributed by atoms with E-state index < -0.39 is 23.4 Å². The molecule has 0 unspecified atom stereocenters. The number of terminal acetylenes is 1. The zero-order valence-corrected chi connectivity index (χ0v) is 17.3. The van der Waals surface area contributed by atoms with Gasteiger partial charge in [0.05, 0.1) is 39.6 Å². The molecule has 0 aromatic heterocycles. The van der Waals surface area contributed by atoms with Gasteiger partial charge in [-0.1, -0.05) is 5.92 Å². The van der Waals surface area contributed by atoms with Crippen LogP contribution < -0.4 is 0 Å². The maximum atomic E-state index is 12.3. The standard InChI is InChI=1S/C19H33NO7/c1-8-10-23-12-14-25-15-13-24-11-9-20(16(21)26-18(2,3)4)17(22)27-19(5,6)7/h1H,9-15H2,2-7H3. The zero-order valence-electron chi connectivity index (χ0n) is 17.3. The van der Waals surface area contributed by atoms with Crippen molar-refractivity contribution >= 4 is 12.2 Å². The van der Waals surface area contributed by atoms with E-state index in [1.54, 1.807) is 41.5 Å². The van der Waals surface area contributed by atoms with E-state index in [2.05, 4.69) is 5.92 Å². The molecule has 0 atom stereocenters. The summed E-state index contributed by atoms with van der Waals surface area (Å²) in [5.74, 6) is 2.36. The van der Waals surface area contributed by atoms with Gasteiger partial charge in [0, 0.05) is 0 Å². The summed E-state index contributed by atoms with van der Waals surface area (Å²) in [4.78, 5) is 25.4. The van der Waals surface area contributed by atoms with E-state index >= 15 is 0 Å². The van der Waals surface area contributed by atoms with E-state index in [1.165, 1.54) is 0 Å². The maximum absolute atomic E-state index is 12.3. The molecule has 0 aliphatic rings. The Balaban J connectivity index is 4.31. The number of carbonyl (C=O) groups is 2. The van der Waals surface area contributed by atoms with Crippen LogP contribution in [0.25, 0.3) is 0 Å². The van der Waals surface area contributed by atoms with Gasteiger partial charge in [0.15, 0.2) is 0 Å². The third kappa shape index (κ3) is 15.0. The molecule has 0 spiro atoms. The largest absolute Gasteiger partial charge is 0.443 e. The minimum Gasteiger partial charge on any atom is -0.443 e. The second kappa shape index (κ2) is 12.5. The predicted octanol–water partition coefficient (Wildman–Crippen LogP) is 2.84. The average Bonchev–Trinajstić information content (AvgIpc) is 2.49. The Labute approximate surface area is 162 Å². The van der Waals surface area contributed by atoms with Crippen LogP contribution in [0.2, 0.25) is 0 Å². The molecule has 0 fully saturated rings. The van der Waals surface area contributed by atoms with Crippen LogP contribution in [0.5, 0.6) is 0 Å². The first-order valence-electron chi connectivity index (χ1n) is 8.86. The molecule has 2 amide bonds. The maximum Gasteiger partial charge on any atom is 0.419 e. The topological polar surface area (TPSA) is 83.5 Å². The van der Waals surface area contributed by atoms with E-state index in [0.717, 1.165) is 4.90 Å².